The second kappa shape index (κ2) is 11.3. The van der Waals surface area contributed by atoms with Gasteiger partial charge in [-0.2, -0.15) is 0 Å². The van der Waals surface area contributed by atoms with Crippen LogP contribution in [0.2, 0.25) is 0 Å². The number of nitrogens with one attached hydrogen (secondary N) is 2. The molecule has 0 aromatic carbocycles. The van der Waals surface area contributed by atoms with Gasteiger partial charge in [0.15, 0.2) is 0 Å². The molecule has 0 aliphatic carbocycles. The van der Waals surface area contributed by atoms with E-state index >= 15 is 0 Å². The monoisotopic (exact) mass is 348 g/mol. The highest BCUT2D eigenvalue weighted by atomic mass is 16.4. The molecule has 3 atom stereocenters. The number of aliphatic hydroxyl groups excluding tert-OH is 1. The van der Waals surface area contributed by atoms with Crippen molar-refractivity contribution in [1.29, 1.82) is 0 Å². The number of unbranched alkanes of at least 4 members (excludes halogenated alkanes) is 1. The number of rotatable bonds is 12. The lowest BCUT2D eigenvalue weighted by Crippen LogP contribution is -2.55. The van der Waals surface area contributed by atoms with Gasteiger partial charge in [0.1, 0.15) is 12.1 Å². The maximum atomic E-state index is 11.9. The van der Waals surface area contributed by atoms with Crippen LogP contribution in [0.1, 0.15) is 25.7 Å². The summed E-state index contributed by atoms with van der Waals surface area (Å²) < 4.78 is 0. The van der Waals surface area contributed by atoms with Crippen molar-refractivity contribution in [2.75, 3.05) is 13.2 Å². The summed E-state index contributed by atoms with van der Waals surface area (Å²) in [7, 11) is 0. The molecule has 24 heavy (non-hydrogen) atoms. The van der Waals surface area contributed by atoms with E-state index in [0.29, 0.717) is 25.8 Å². The van der Waals surface area contributed by atoms with Gasteiger partial charge in [0.25, 0.3) is 0 Å². The fraction of sp³-hybridized carbons (Fsp3) is 0.692. The van der Waals surface area contributed by atoms with Crippen LogP contribution >= 0.6 is 0 Å². The van der Waals surface area contributed by atoms with E-state index < -0.39 is 54.9 Å². The number of carbonyl (C=O) groups is 4. The summed E-state index contributed by atoms with van der Waals surface area (Å²) in [5.74, 6) is -4.64. The summed E-state index contributed by atoms with van der Waals surface area (Å²) >= 11 is 0. The zero-order chi connectivity index (χ0) is 18.7. The van der Waals surface area contributed by atoms with Crippen molar-refractivity contribution in [3.8, 4) is 0 Å². The molecule has 0 saturated heterocycles. The van der Waals surface area contributed by atoms with Crippen LogP contribution in [0.4, 0.5) is 0 Å². The Morgan fingerprint density at radius 2 is 1.54 bits per heavy atom. The lowest BCUT2D eigenvalue weighted by molar-refractivity contribution is -0.144. The predicted octanol–water partition coefficient (Wildman–Crippen LogP) is -3.04. The van der Waals surface area contributed by atoms with Crippen LogP contribution in [-0.2, 0) is 19.2 Å². The molecular weight excluding hydrogens is 324 g/mol. The molecule has 0 radical (unpaired) electrons. The van der Waals surface area contributed by atoms with E-state index in [2.05, 4.69) is 5.32 Å². The second-order valence-corrected chi connectivity index (χ2v) is 5.13. The van der Waals surface area contributed by atoms with Crippen LogP contribution in [0.25, 0.3) is 0 Å². The third-order valence-electron chi connectivity index (χ3n) is 3.11. The van der Waals surface area contributed by atoms with Gasteiger partial charge in [-0.25, -0.2) is 4.79 Å². The molecule has 11 nitrogen and oxygen atoms in total. The second-order valence-electron chi connectivity index (χ2n) is 5.13. The van der Waals surface area contributed by atoms with Crippen molar-refractivity contribution >= 4 is 23.8 Å². The van der Waals surface area contributed by atoms with E-state index in [9.17, 15) is 19.2 Å². The molecule has 0 unspecified atom stereocenters. The topological polar surface area (TPSA) is 205 Å². The fourth-order valence-corrected chi connectivity index (χ4v) is 1.76. The van der Waals surface area contributed by atoms with Gasteiger partial charge in [-0.1, -0.05) is 6.42 Å². The minimum atomic E-state index is -1.61. The summed E-state index contributed by atoms with van der Waals surface area (Å²) in [6.45, 7) is -0.441. The number of hydrogen-bond donors (Lipinski definition) is 7. The van der Waals surface area contributed by atoms with E-state index in [0.717, 1.165) is 0 Å². The zero-order valence-corrected chi connectivity index (χ0v) is 13.1. The molecule has 0 bridgehead atoms. The van der Waals surface area contributed by atoms with Gasteiger partial charge in [0.05, 0.1) is 19.1 Å². The largest absolute Gasteiger partial charge is 0.481 e. The summed E-state index contributed by atoms with van der Waals surface area (Å²) in [5, 5.41) is 30.6. The van der Waals surface area contributed by atoms with Crippen LogP contribution in [0.5, 0.6) is 0 Å². The Balaban J connectivity index is 4.81. The van der Waals surface area contributed by atoms with Gasteiger partial charge in [-0.05, 0) is 19.4 Å². The molecular formula is C13H24N4O7. The van der Waals surface area contributed by atoms with E-state index in [1.807, 2.05) is 5.32 Å². The smallest absolute Gasteiger partial charge is 0.328 e. The summed E-state index contributed by atoms with van der Waals surface area (Å²) in [5.41, 5.74) is 11.0. The number of amides is 2. The van der Waals surface area contributed by atoms with Gasteiger partial charge in [-0.15, -0.1) is 0 Å². The minimum absolute atomic E-state index is 0.304. The molecule has 0 aliphatic heterocycles. The number of carboxylic acids is 2. The number of carboxylic acid groups (broad SMARTS) is 2. The molecule has 0 rings (SSSR count). The normalized spacial score (nSPS) is 14.3. The molecule has 0 spiro atoms. The average molecular weight is 348 g/mol. The summed E-state index contributed by atoms with van der Waals surface area (Å²) in [6, 6.07) is -4.07. The van der Waals surface area contributed by atoms with E-state index in [-0.39, 0.29) is 0 Å². The van der Waals surface area contributed by atoms with Crippen molar-refractivity contribution in [2.45, 2.75) is 43.8 Å². The maximum Gasteiger partial charge on any atom is 0.328 e. The predicted molar refractivity (Wildman–Crippen MR) is 81.7 cm³/mol. The Labute approximate surface area is 138 Å². The van der Waals surface area contributed by atoms with Gasteiger partial charge in [0.2, 0.25) is 11.8 Å². The Kier molecular flexibility index (Phi) is 10.3. The molecule has 138 valence electrons. The first-order valence-electron chi connectivity index (χ1n) is 7.34. The first-order valence-corrected chi connectivity index (χ1v) is 7.34. The zero-order valence-electron chi connectivity index (χ0n) is 13.1. The molecule has 11 heteroatoms. The molecule has 0 aliphatic rings. The first-order chi connectivity index (χ1) is 11.2. The SMILES string of the molecule is NCCCC[C@H](N)C(=O)N[C@@H](CC(=O)O)C(=O)N[C@@H](CO)C(=O)O. The minimum Gasteiger partial charge on any atom is -0.481 e. The quantitative estimate of drug-likeness (QED) is 0.179. The van der Waals surface area contributed by atoms with Gasteiger partial charge in [0, 0.05) is 0 Å². The lowest BCUT2D eigenvalue weighted by Gasteiger charge is -2.21. The number of aliphatic hydroxyl groups is 1. The highest BCUT2D eigenvalue weighted by Gasteiger charge is 2.29. The van der Waals surface area contributed by atoms with Crippen molar-refractivity contribution in [2.24, 2.45) is 11.5 Å². The van der Waals surface area contributed by atoms with E-state index in [1.165, 1.54) is 0 Å². The van der Waals surface area contributed by atoms with Crippen molar-refractivity contribution < 1.29 is 34.5 Å². The van der Waals surface area contributed by atoms with Gasteiger partial charge in [-0.3, -0.25) is 14.4 Å². The Hall–Kier alpha value is -2.24. The van der Waals surface area contributed by atoms with Gasteiger partial charge < -0.3 is 37.4 Å². The van der Waals surface area contributed by atoms with E-state index in [4.69, 9.17) is 26.8 Å². The number of nitrogens with two attached hydrogens (primary N) is 2. The van der Waals surface area contributed by atoms with E-state index in [1.54, 1.807) is 0 Å². The third-order valence-corrected chi connectivity index (χ3v) is 3.11. The van der Waals surface area contributed by atoms with Crippen LogP contribution < -0.4 is 22.1 Å². The number of aliphatic carboxylic acids is 2. The van der Waals surface area contributed by atoms with Crippen LogP contribution in [0.3, 0.4) is 0 Å². The number of carbonyl (C=O) groups excluding carboxylic acids is 2. The molecule has 0 heterocycles. The Morgan fingerprint density at radius 1 is 0.958 bits per heavy atom. The fourth-order valence-electron chi connectivity index (χ4n) is 1.76. The number of hydrogen-bond acceptors (Lipinski definition) is 7. The van der Waals surface area contributed by atoms with Crippen molar-refractivity contribution in [1.82, 2.24) is 10.6 Å². The standard InChI is InChI=1S/C13H24N4O7/c14-4-2-1-3-7(15)11(21)16-8(5-10(19)20)12(22)17-9(6-18)13(23)24/h7-9,18H,1-6,14-15H2,(H,16,21)(H,17,22)(H,19,20)(H,23,24)/t7-,8-,9-/m0/s1. The molecule has 0 saturated carbocycles. The summed E-state index contributed by atoms with van der Waals surface area (Å²) in [6.07, 6.45) is 0.799. The third kappa shape index (κ3) is 8.41. The average Bonchev–Trinajstić information content (AvgIpc) is 2.50. The Bertz CT molecular complexity index is 458. The molecule has 9 N–H and O–H groups in total. The molecule has 0 fully saturated rings. The summed E-state index contributed by atoms with van der Waals surface area (Å²) in [4.78, 5) is 45.5. The van der Waals surface area contributed by atoms with Crippen molar-refractivity contribution in [3.05, 3.63) is 0 Å². The van der Waals surface area contributed by atoms with Crippen LogP contribution in [-0.4, -0.2) is 70.3 Å². The Morgan fingerprint density at radius 3 is 2.00 bits per heavy atom. The van der Waals surface area contributed by atoms with Crippen molar-refractivity contribution in [3.63, 3.8) is 0 Å². The van der Waals surface area contributed by atoms with Gasteiger partial charge >= 0.3 is 11.9 Å². The van der Waals surface area contributed by atoms with Crippen LogP contribution in [0.15, 0.2) is 0 Å². The van der Waals surface area contributed by atoms with Crippen LogP contribution in [0, 0.1) is 0 Å². The lowest BCUT2D eigenvalue weighted by atomic mass is 10.1. The highest BCUT2D eigenvalue weighted by molar-refractivity contribution is 5.93. The molecule has 0 aromatic heterocycles. The molecule has 0 aromatic rings. The highest BCUT2D eigenvalue weighted by Crippen LogP contribution is 2.01. The molecule has 2 amide bonds. The maximum absolute atomic E-state index is 11.9. The first kappa shape index (κ1) is 21.8.